The summed E-state index contributed by atoms with van der Waals surface area (Å²) < 4.78 is 5.87. The molecule has 7 nitrogen and oxygen atoms in total. The van der Waals surface area contributed by atoms with E-state index in [1.165, 1.54) is 48.5 Å². The molecule has 0 aliphatic carbocycles. The van der Waals surface area contributed by atoms with Gasteiger partial charge in [-0.15, -0.1) is 0 Å². The zero-order valence-corrected chi connectivity index (χ0v) is 10.7. The standard InChI is InChI=1S/C13H13N3O4/c1-20-12(18)8-16-7-10(6-14-16)15-13(19)9-2-4-11(17)5-3-9/h2-7,17H,8H2,1H3,(H,15,19). The number of methoxy groups -OCH3 is 1. The summed E-state index contributed by atoms with van der Waals surface area (Å²) in [6, 6.07) is 5.86. The monoisotopic (exact) mass is 275 g/mol. The Bertz CT molecular complexity index is 619. The minimum Gasteiger partial charge on any atom is -0.508 e. The second-order valence-corrected chi connectivity index (χ2v) is 4.00. The zero-order valence-electron chi connectivity index (χ0n) is 10.7. The molecule has 0 fully saturated rings. The maximum Gasteiger partial charge on any atom is 0.327 e. The minimum absolute atomic E-state index is 0.0222. The molecule has 0 aliphatic rings. The van der Waals surface area contributed by atoms with Gasteiger partial charge in [0.15, 0.2) is 0 Å². The second-order valence-electron chi connectivity index (χ2n) is 4.00. The van der Waals surface area contributed by atoms with Crippen LogP contribution in [0.1, 0.15) is 10.4 Å². The molecule has 2 rings (SSSR count). The highest BCUT2D eigenvalue weighted by Crippen LogP contribution is 2.12. The minimum atomic E-state index is -0.426. The number of benzene rings is 1. The first-order valence-electron chi connectivity index (χ1n) is 5.78. The van der Waals surface area contributed by atoms with Crippen molar-refractivity contribution in [3.05, 3.63) is 42.2 Å². The van der Waals surface area contributed by atoms with Crippen LogP contribution in [0.15, 0.2) is 36.7 Å². The van der Waals surface area contributed by atoms with Crippen LogP contribution >= 0.6 is 0 Å². The second kappa shape index (κ2) is 5.87. The van der Waals surface area contributed by atoms with E-state index in [4.69, 9.17) is 5.11 Å². The fourth-order valence-corrected chi connectivity index (χ4v) is 1.53. The van der Waals surface area contributed by atoms with Crippen molar-refractivity contribution in [3.8, 4) is 5.75 Å². The molecule has 20 heavy (non-hydrogen) atoms. The number of phenols is 1. The van der Waals surface area contributed by atoms with Crippen LogP contribution in [0.5, 0.6) is 5.75 Å². The Morgan fingerprint density at radius 2 is 2.05 bits per heavy atom. The summed E-state index contributed by atoms with van der Waals surface area (Å²) in [5.41, 5.74) is 0.871. The van der Waals surface area contributed by atoms with Crippen molar-refractivity contribution < 1.29 is 19.4 Å². The van der Waals surface area contributed by atoms with Crippen molar-refractivity contribution in [2.24, 2.45) is 0 Å². The number of nitrogens with one attached hydrogen (secondary N) is 1. The van der Waals surface area contributed by atoms with Gasteiger partial charge in [0, 0.05) is 11.8 Å². The number of aromatic hydroxyl groups is 1. The van der Waals surface area contributed by atoms with Gasteiger partial charge in [0.2, 0.25) is 0 Å². The van der Waals surface area contributed by atoms with Crippen molar-refractivity contribution in [1.82, 2.24) is 9.78 Å². The number of rotatable bonds is 4. The maximum atomic E-state index is 11.9. The lowest BCUT2D eigenvalue weighted by atomic mass is 10.2. The van der Waals surface area contributed by atoms with Gasteiger partial charge < -0.3 is 15.2 Å². The largest absolute Gasteiger partial charge is 0.508 e. The molecule has 2 N–H and O–H groups in total. The third kappa shape index (κ3) is 3.35. The van der Waals surface area contributed by atoms with Gasteiger partial charge in [0.1, 0.15) is 12.3 Å². The van der Waals surface area contributed by atoms with E-state index in [1.54, 1.807) is 0 Å². The molecule has 1 aromatic heterocycles. The number of phenolic OH excluding ortho intramolecular Hbond substituents is 1. The Morgan fingerprint density at radius 3 is 2.70 bits per heavy atom. The Morgan fingerprint density at radius 1 is 1.35 bits per heavy atom. The van der Waals surface area contributed by atoms with E-state index in [0.29, 0.717) is 11.3 Å². The Labute approximate surface area is 114 Å². The number of hydrogen-bond donors (Lipinski definition) is 2. The van der Waals surface area contributed by atoms with Gasteiger partial charge in [0.25, 0.3) is 5.91 Å². The summed E-state index contributed by atoms with van der Waals surface area (Å²) in [5.74, 6) is -0.667. The molecule has 2 aromatic rings. The van der Waals surface area contributed by atoms with Crippen LogP contribution in [0.3, 0.4) is 0 Å². The molecule has 0 atom stereocenters. The van der Waals surface area contributed by atoms with Crippen molar-refractivity contribution >= 4 is 17.6 Å². The van der Waals surface area contributed by atoms with Gasteiger partial charge in [-0.05, 0) is 24.3 Å². The zero-order chi connectivity index (χ0) is 14.5. The topological polar surface area (TPSA) is 93.5 Å². The predicted octanol–water partition coefficient (Wildman–Crippen LogP) is 1.01. The van der Waals surface area contributed by atoms with E-state index >= 15 is 0 Å². The third-order valence-corrected chi connectivity index (χ3v) is 2.54. The quantitative estimate of drug-likeness (QED) is 0.812. The molecule has 7 heteroatoms. The molecule has 104 valence electrons. The van der Waals surface area contributed by atoms with Crippen LogP contribution in [0.4, 0.5) is 5.69 Å². The lowest BCUT2D eigenvalue weighted by Crippen LogP contribution is -2.12. The van der Waals surface area contributed by atoms with E-state index in [1.807, 2.05) is 0 Å². The van der Waals surface area contributed by atoms with Crippen LogP contribution in [-0.2, 0) is 16.1 Å². The van der Waals surface area contributed by atoms with Gasteiger partial charge in [0.05, 0.1) is 19.0 Å². The molecule has 0 saturated heterocycles. The Balaban J connectivity index is 2.01. The molecule has 1 heterocycles. The normalized spacial score (nSPS) is 10.1. The maximum absolute atomic E-state index is 11.9. The van der Waals surface area contributed by atoms with Gasteiger partial charge >= 0.3 is 5.97 Å². The van der Waals surface area contributed by atoms with Crippen molar-refractivity contribution in [2.75, 3.05) is 12.4 Å². The van der Waals surface area contributed by atoms with Gasteiger partial charge in [-0.3, -0.25) is 14.3 Å². The highest BCUT2D eigenvalue weighted by atomic mass is 16.5. The summed E-state index contributed by atoms with van der Waals surface area (Å²) in [7, 11) is 1.29. The van der Waals surface area contributed by atoms with E-state index in [2.05, 4.69) is 15.2 Å². The first-order chi connectivity index (χ1) is 9.58. The van der Waals surface area contributed by atoms with E-state index in [0.717, 1.165) is 0 Å². The average Bonchev–Trinajstić information content (AvgIpc) is 2.86. The summed E-state index contributed by atoms with van der Waals surface area (Å²) in [6.45, 7) is -0.0222. The number of aromatic nitrogens is 2. The first-order valence-corrected chi connectivity index (χ1v) is 5.78. The number of hydrogen-bond acceptors (Lipinski definition) is 5. The van der Waals surface area contributed by atoms with E-state index in [9.17, 15) is 9.59 Å². The number of amides is 1. The van der Waals surface area contributed by atoms with E-state index < -0.39 is 5.97 Å². The first kappa shape index (κ1) is 13.6. The molecule has 0 spiro atoms. The Kier molecular flexibility index (Phi) is 3.99. The molecule has 0 saturated carbocycles. The number of carbonyl (C=O) groups excluding carboxylic acids is 2. The molecule has 0 aliphatic heterocycles. The summed E-state index contributed by atoms with van der Waals surface area (Å²) in [4.78, 5) is 23.0. The number of ether oxygens (including phenoxy) is 1. The fourth-order valence-electron chi connectivity index (χ4n) is 1.53. The molecule has 1 amide bonds. The molecular weight excluding hydrogens is 262 g/mol. The summed E-state index contributed by atoms with van der Waals surface area (Å²) in [5, 5.41) is 15.7. The number of nitrogens with zero attached hydrogens (tertiary/aromatic N) is 2. The third-order valence-electron chi connectivity index (χ3n) is 2.54. The van der Waals surface area contributed by atoms with Crippen LogP contribution in [0.25, 0.3) is 0 Å². The molecule has 0 unspecified atom stereocenters. The van der Waals surface area contributed by atoms with Gasteiger partial charge in [-0.1, -0.05) is 0 Å². The lowest BCUT2D eigenvalue weighted by molar-refractivity contribution is -0.141. The smallest absolute Gasteiger partial charge is 0.327 e. The lowest BCUT2D eigenvalue weighted by Gasteiger charge is -2.02. The predicted molar refractivity (Wildman–Crippen MR) is 70.3 cm³/mol. The van der Waals surface area contributed by atoms with Crippen molar-refractivity contribution in [2.45, 2.75) is 6.54 Å². The summed E-state index contributed by atoms with van der Waals surface area (Å²) in [6.07, 6.45) is 2.95. The average molecular weight is 275 g/mol. The summed E-state index contributed by atoms with van der Waals surface area (Å²) >= 11 is 0. The SMILES string of the molecule is COC(=O)Cn1cc(NC(=O)c2ccc(O)cc2)cn1. The van der Waals surface area contributed by atoms with E-state index in [-0.39, 0.29) is 18.2 Å². The van der Waals surface area contributed by atoms with Gasteiger partial charge in [-0.2, -0.15) is 5.10 Å². The molecule has 0 bridgehead atoms. The highest BCUT2D eigenvalue weighted by molar-refractivity contribution is 6.04. The van der Waals surface area contributed by atoms with Crippen molar-refractivity contribution in [1.29, 1.82) is 0 Å². The fraction of sp³-hybridized carbons (Fsp3) is 0.154. The van der Waals surface area contributed by atoms with Crippen LogP contribution in [0.2, 0.25) is 0 Å². The highest BCUT2D eigenvalue weighted by Gasteiger charge is 2.09. The molecule has 1 aromatic carbocycles. The Hall–Kier alpha value is -2.83. The van der Waals surface area contributed by atoms with Gasteiger partial charge in [-0.25, -0.2) is 0 Å². The van der Waals surface area contributed by atoms with Crippen LogP contribution in [-0.4, -0.2) is 33.9 Å². The number of anilines is 1. The van der Waals surface area contributed by atoms with Crippen molar-refractivity contribution in [3.63, 3.8) is 0 Å². The van der Waals surface area contributed by atoms with Crippen LogP contribution in [0, 0.1) is 0 Å². The number of esters is 1. The van der Waals surface area contributed by atoms with Crippen LogP contribution < -0.4 is 5.32 Å². The number of carbonyl (C=O) groups is 2. The molecule has 0 radical (unpaired) electrons. The molecular formula is C13H13N3O4.